The summed E-state index contributed by atoms with van der Waals surface area (Å²) in [5, 5.41) is 7.56. The summed E-state index contributed by atoms with van der Waals surface area (Å²) in [5.74, 6) is 1.66. The van der Waals surface area contributed by atoms with E-state index in [4.69, 9.17) is 4.52 Å². The van der Waals surface area contributed by atoms with Gasteiger partial charge in [0.1, 0.15) is 0 Å². The fourth-order valence-corrected chi connectivity index (χ4v) is 2.83. The Bertz CT molecular complexity index is 419. The molecule has 1 aromatic heterocycles. The number of nitrogens with one attached hydrogen (secondary N) is 1. The van der Waals surface area contributed by atoms with Crippen LogP contribution in [-0.2, 0) is 13.1 Å². The lowest BCUT2D eigenvalue weighted by atomic mass is 9.78. The van der Waals surface area contributed by atoms with Gasteiger partial charge in [-0.25, -0.2) is 0 Å². The van der Waals surface area contributed by atoms with E-state index in [-0.39, 0.29) is 0 Å². The van der Waals surface area contributed by atoms with Crippen LogP contribution in [0.2, 0.25) is 0 Å². The molecule has 0 saturated carbocycles. The molecule has 0 amide bonds. The smallest absolute Gasteiger partial charge is 0.151 e. The van der Waals surface area contributed by atoms with Crippen molar-refractivity contribution in [1.29, 1.82) is 0 Å². The van der Waals surface area contributed by atoms with Gasteiger partial charge in [-0.1, -0.05) is 39.3 Å². The standard InChI is InChI=1S/C17H31N3O/c1-5-17(4)6-8-20(9-7-17)13-16-10-15(19-21-16)12-18-11-14(2)3/h10,14,18H,5-9,11-13H2,1-4H3. The highest BCUT2D eigenvalue weighted by atomic mass is 16.5. The molecule has 0 spiro atoms. The maximum Gasteiger partial charge on any atom is 0.151 e. The number of nitrogens with zero attached hydrogens (tertiary/aromatic N) is 2. The third-order valence-electron chi connectivity index (χ3n) is 4.76. The van der Waals surface area contributed by atoms with Crippen molar-refractivity contribution < 1.29 is 4.52 Å². The van der Waals surface area contributed by atoms with Crippen LogP contribution < -0.4 is 5.32 Å². The van der Waals surface area contributed by atoms with Crippen molar-refractivity contribution in [2.75, 3.05) is 19.6 Å². The minimum atomic E-state index is 0.545. The van der Waals surface area contributed by atoms with Gasteiger partial charge in [-0.05, 0) is 43.8 Å². The zero-order chi connectivity index (χ0) is 15.3. The molecule has 2 heterocycles. The lowest BCUT2D eigenvalue weighted by molar-refractivity contribution is 0.102. The Kier molecular flexibility index (Phi) is 5.82. The summed E-state index contributed by atoms with van der Waals surface area (Å²) in [4.78, 5) is 2.49. The van der Waals surface area contributed by atoms with E-state index in [1.165, 1.54) is 32.4 Å². The van der Waals surface area contributed by atoms with Crippen molar-refractivity contribution in [2.45, 2.75) is 60.0 Å². The molecule has 0 radical (unpaired) electrons. The highest BCUT2D eigenvalue weighted by Gasteiger charge is 2.28. The number of likely N-dealkylation sites (tertiary alicyclic amines) is 1. The van der Waals surface area contributed by atoms with Crippen molar-refractivity contribution >= 4 is 0 Å². The van der Waals surface area contributed by atoms with E-state index in [1.807, 2.05) is 0 Å². The first-order valence-corrected chi connectivity index (χ1v) is 8.38. The molecule has 1 N–H and O–H groups in total. The van der Waals surface area contributed by atoms with Crippen molar-refractivity contribution in [2.24, 2.45) is 11.3 Å². The number of hydrogen-bond donors (Lipinski definition) is 1. The molecule has 1 aliphatic heterocycles. The first kappa shape index (κ1) is 16.5. The largest absolute Gasteiger partial charge is 0.360 e. The number of aromatic nitrogens is 1. The molecular formula is C17H31N3O. The Hall–Kier alpha value is -0.870. The van der Waals surface area contributed by atoms with Gasteiger partial charge in [-0.15, -0.1) is 0 Å². The predicted molar refractivity (Wildman–Crippen MR) is 86.0 cm³/mol. The molecule has 21 heavy (non-hydrogen) atoms. The van der Waals surface area contributed by atoms with E-state index in [0.717, 1.165) is 31.1 Å². The Morgan fingerprint density at radius 1 is 1.38 bits per heavy atom. The van der Waals surface area contributed by atoms with Gasteiger partial charge in [-0.2, -0.15) is 0 Å². The number of piperidine rings is 1. The summed E-state index contributed by atoms with van der Waals surface area (Å²) in [5.41, 5.74) is 1.56. The molecule has 0 aromatic carbocycles. The number of hydrogen-bond acceptors (Lipinski definition) is 4. The van der Waals surface area contributed by atoms with Crippen LogP contribution in [0.15, 0.2) is 10.6 Å². The SMILES string of the molecule is CCC1(C)CCN(Cc2cc(CNCC(C)C)no2)CC1. The van der Waals surface area contributed by atoms with Crippen molar-refractivity contribution in [3.8, 4) is 0 Å². The maximum absolute atomic E-state index is 5.47. The van der Waals surface area contributed by atoms with E-state index in [9.17, 15) is 0 Å². The summed E-state index contributed by atoms with van der Waals surface area (Å²) < 4.78 is 5.47. The second-order valence-electron chi connectivity index (χ2n) is 7.25. The summed E-state index contributed by atoms with van der Waals surface area (Å²) in [6, 6.07) is 2.10. The molecular weight excluding hydrogens is 262 g/mol. The van der Waals surface area contributed by atoms with Crippen LogP contribution in [0.3, 0.4) is 0 Å². The summed E-state index contributed by atoms with van der Waals surface area (Å²) in [6.07, 6.45) is 3.87. The van der Waals surface area contributed by atoms with E-state index in [1.54, 1.807) is 0 Å². The summed E-state index contributed by atoms with van der Waals surface area (Å²) in [6.45, 7) is 14.2. The molecule has 0 aliphatic carbocycles. The molecule has 1 aromatic rings. The molecule has 1 fully saturated rings. The van der Waals surface area contributed by atoms with Crippen molar-refractivity contribution in [1.82, 2.24) is 15.4 Å². The van der Waals surface area contributed by atoms with E-state index in [0.29, 0.717) is 11.3 Å². The Balaban J connectivity index is 1.75. The summed E-state index contributed by atoms with van der Waals surface area (Å²) in [7, 11) is 0. The highest BCUT2D eigenvalue weighted by Crippen LogP contribution is 2.34. The highest BCUT2D eigenvalue weighted by molar-refractivity contribution is 5.05. The van der Waals surface area contributed by atoms with Gasteiger partial charge < -0.3 is 9.84 Å². The fourth-order valence-electron chi connectivity index (χ4n) is 2.83. The van der Waals surface area contributed by atoms with Gasteiger partial charge in [0.2, 0.25) is 0 Å². The maximum atomic E-state index is 5.47. The van der Waals surface area contributed by atoms with Crippen LogP contribution in [-0.4, -0.2) is 29.7 Å². The molecule has 2 rings (SSSR count). The molecule has 1 aliphatic rings. The van der Waals surface area contributed by atoms with Crippen LogP contribution in [0.4, 0.5) is 0 Å². The first-order valence-electron chi connectivity index (χ1n) is 8.38. The van der Waals surface area contributed by atoms with E-state index < -0.39 is 0 Å². The van der Waals surface area contributed by atoms with Crippen LogP contribution in [0.5, 0.6) is 0 Å². The van der Waals surface area contributed by atoms with Crippen molar-refractivity contribution in [3.05, 3.63) is 17.5 Å². The zero-order valence-corrected chi connectivity index (χ0v) is 14.1. The van der Waals surface area contributed by atoms with E-state index in [2.05, 4.69) is 49.1 Å². The molecule has 0 atom stereocenters. The Morgan fingerprint density at radius 2 is 2.10 bits per heavy atom. The Labute approximate surface area is 129 Å². The Morgan fingerprint density at radius 3 is 2.71 bits per heavy atom. The molecule has 1 saturated heterocycles. The second kappa shape index (κ2) is 7.41. The lowest BCUT2D eigenvalue weighted by Gasteiger charge is -2.38. The average Bonchev–Trinajstić information content (AvgIpc) is 2.89. The van der Waals surface area contributed by atoms with Crippen molar-refractivity contribution in [3.63, 3.8) is 0 Å². The topological polar surface area (TPSA) is 41.3 Å². The van der Waals surface area contributed by atoms with Gasteiger partial charge in [0.25, 0.3) is 0 Å². The molecule has 4 nitrogen and oxygen atoms in total. The van der Waals surface area contributed by atoms with Crippen LogP contribution >= 0.6 is 0 Å². The summed E-state index contributed by atoms with van der Waals surface area (Å²) >= 11 is 0. The van der Waals surface area contributed by atoms with Crippen LogP contribution in [0.25, 0.3) is 0 Å². The fraction of sp³-hybridized carbons (Fsp3) is 0.824. The molecule has 120 valence electrons. The van der Waals surface area contributed by atoms with Gasteiger partial charge in [0.05, 0.1) is 12.2 Å². The van der Waals surface area contributed by atoms with Crippen LogP contribution in [0.1, 0.15) is 58.4 Å². The van der Waals surface area contributed by atoms with Crippen LogP contribution in [0, 0.1) is 11.3 Å². The quantitative estimate of drug-likeness (QED) is 0.836. The second-order valence-corrected chi connectivity index (χ2v) is 7.25. The molecule has 4 heteroatoms. The molecule has 0 bridgehead atoms. The lowest BCUT2D eigenvalue weighted by Crippen LogP contribution is -2.37. The monoisotopic (exact) mass is 293 g/mol. The average molecular weight is 293 g/mol. The predicted octanol–water partition coefficient (Wildman–Crippen LogP) is 3.43. The third-order valence-corrected chi connectivity index (χ3v) is 4.76. The zero-order valence-electron chi connectivity index (χ0n) is 14.1. The van der Waals surface area contributed by atoms with Gasteiger partial charge >= 0.3 is 0 Å². The van der Waals surface area contributed by atoms with E-state index >= 15 is 0 Å². The molecule has 0 unspecified atom stereocenters. The third kappa shape index (κ3) is 5.11. The first-order chi connectivity index (χ1) is 10.0. The minimum absolute atomic E-state index is 0.545. The van der Waals surface area contributed by atoms with Gasteiger partial charge in [0.15, 0.2) is 5.76 Å². The van der Waals surface area contributed by atoms with Gasteiger partial charge in [0, 0.05) is 12.6 Å². The van der Waals surface area contributed by atoms with Gasteiger partial charge in [-0.3, -0.25) is 4.90 Å². The normalized spacial score (nSPS) is 19.3. The minimum Gasteiger partial charge on any atom is -0.360 e. The number of rotatable bonds is 7.